The number of carbonyl (C=O) groups is 1. The summed E-state index contributed by atoms with van der Waals surface area (Å²) in [6, 6.07) is 12.6. The molecule has 1 aliphatic rings. The van der Waals surface area contributed by atoms with E-state index < -0.39 is 0 Å². The number of amides is 1. The Morgan fingerprint density at radius 3 is 2.83 bits per heavy atom. The highest BCUT2D eigenvalue weighted by molar-refractivity contribution is 5.97. The van der Waals surface area contributed by atoms with E-state index in [1.54, 1.807) is 24.4 Å². The van der Waals surface area contributed by atoms with Crippen LogP contribution in [0, 0.1) is 0 Å². The molecule has 0 aliphatic carbocycles. The third kappa shape index (κ3) is 4.03. The van der Waals surface area contributed by atoms with Gasteiger partial charge in [0.05, 0.1) is 24.5 Å². The van der Waals surface area contributed by atoms with E-state index in [-0.39, 0.29) is 29.8 Å². The van der Waals surface area contributed by atoms with Gasteiger partial charge in [0.15, 0.2) is 0 Å². The number of benzene rings is 1. The van der Waals surface area contributed by atoms with Crippen molar-refractivity contribution in [1.29, 1.82) is 0 Å². The lowest BCUT2D eigenvalue weighted by Crippen LogP contribution is -2.25. The number of methoxy groups -OCH3 is 1. The highest BCUT2D eigenvalue weighted by atomic mass is 16.5. The minimum Gasteiger partial charge on any atom is -0.495 e. The van der Waals surface area contributed by atoms with Gasteiger partial charge in [-0.2, -0.15) is 0 Å². The van der Waals surface area contributed by atoms with Crippen LogP contribution in [0.25, 0.3) is 0 Å². The summed E-state index contributed by atoms with van der Waals surface area (Å²) < 4.78 is 5.39. The SMILES string of the molecule is COc1ccccc1N1C[C@H](c2cc(=O)[nH]c(N[C@H](C)c3cccnc3)n2)CC1=O. The van der Waals surface area contributed by atoms with Gasteiger partial charge in [-0.3, -0.25) is 19.6 Å². The smallest absolute Gasteiger partial charge is 0.252 e. The highest BCUT2D eigenvalue weighted by Crippen LogP contribution is 2.35. The number of anilines is 2. The predicted molar refractivity (Wildman–Crippen MR) is 114 cm³/mol. The lowest BCUT2D eigenvalue weighted by Gasteiger charge is -2.19. The molecule has 0 unspecified atom stereocenters. The van der Waals surface area contributed by atoms with E-state index in [2.05, 4.69) is 20.3 Å². The van der Waals surface area contributed by atoms with Crippen LogP contribution < -0.4 is 20.5 Å². The number of pyridine rings is 1. The molecule has 3 aromatic rings. The minimum atomic E-state index is -0.260. The van der Waals surface area contributed by atoms with Crippen LogP contribution in [0.4, 0.5) is 11.6 Å². The fraction of sp³-hybridized carbons (Fsp3) is 0.273. The van der Waals surface area contributed by atoms with Gasteiger partial charge in [0, 0.05) is 37.3 Å². The van der Waals surface area contributed by atoms with Gasteiger partial charge in [-0.1, -0.05) is 18.2 Å². The summed E-state index contributed by atoms with van der Waals surface area (Å²) in [7, 11) is 1.58. The van der Waals surface area contributed by atoms with Crippen molar-refractivity contribution >= 4 is 17.5 Å². The van der Waals surface area contributed by atoms with Gasteiger partial charge in [0.25, 0.3) is 5.56 Å². The Kier molecular flexibility index (Phi) is 5.47. The van der Waals surface area contributed by atoms with Crippen LogP contribution in [-0.4, -0.2) is 34.5 Å². The van der Waals surface area contributed by atoms with Crippen LogP contribution in [0.5, 0.6) is 5.75 Å². The first-order valence-corrected chi connectivity index (χ1v) is 9.76. The zero-order valence-electron chi connectivity index (χ0n) is 16.8. The third-order valence-corrected chi connectivity index (χ3v) is 5.22. The molecule has 3 heterocycles. The van der Waals surface area contributed by atoms with E-state index in [4.69, 9.17) is 4.74 Å². The van der Waals surface area contributed by atoms with Crippen molar-refractivity contribution in [2.45, 2.75) is 25.3 Å². The second-order valence-corrected chi connectivity index (χ2v) is 7.25. The molecule has 30 heavy (non-hydrogen) atoms. The van der Waals surface area contributed by atoms with Crippen LogP contribution in [-0.2, 0) is 4.79 Å². The van der Waals surface area contributed by atoms with Crippen molar-refractivity contribution < 1.29 is 9.53 Å². The molecule has 1 fully saturated rings. The summed E-state index contributed by atoms with van der Waals surface area (Å²) in [5.41, 5.74) is 2.03. The fourth-order valence-electron chi connectivity index (χ4n) is 3.67. The molecule has 1 aromatic carbocycles. The van der Waals surface area contributed by atoms with E-state index in [0.717, 1.165) is 11.3 Å². The number of para-hydroxylation sites is 2. The number of rotatable bonds is 6. The zero-order valence-corrected chi connectivity index (χ0v) is 16.8. The third-order valence-electron chi connectivity index (χ3n) is 5.22. The molecule has 2 atom stereocenters. The van der Waals surface area contributed by atoms with Crippen molar-refractivity contribution in [1.82, 2.24) is 15.0 Å². The van der Waals surface area contributed by atoms with E-state index in [1.165, 1.54) is 6.07 Å². The van der Waals surface area contributed by atoms with Gasteiger partial charge in [0.2, 0.25) is 11.9 Å². The van der Waals surface area contributed by atoms with Crippen LogP contribution >= 0.6 is 0 Å². The zero-order chi connectivity index (χ0) is 21.1. The standard InChI is InChI=1S/C22H23N5O3/c1-14(15-6-5-9-23-12-15)24-22-25-17(11-20(28)26-22)16-10-21(29)27(13-16)18-7-3-4-8-19(18)30-2/h3-9,11-12,14,16H,10,13H2,1-2H3,(H2,24,25,26,28)/t14-,16-/m1/s1. The molecule has 1 saturated heterocycles. The number of carbonyl (C=O) groups excluding carboxylic acids is 1. The van der Waals surface area contributed by atoms with Crippen molar-refractivity contribution in [3.8, 4) is 5.75 Å². The molecule has 8 nitrogen and oxygen atoms in total. The Morgan fingerprint density at radius 2 is 2.07 bits per heavy atom. The summed E-state index contributed by atoms with van der Waals surface area (Å²) in [5, 5.41) is 3.21. The molecule has 0 bridgehead atoms. The minimum absolute atomic E-state index is 0.0233. The Hall–Kier alpha value is -3.68. The van der Waals surface area contributed by atoms with Crippen LogP contribution in [0.2, 0.25) is 0 Å². The van der Waals surface area contributed by atoms with E-state index >= 15 is 0 Å². The Balaban J connectivity index is 1.56. The number of hydrogen-bond acceptors (Lipinski definition) is 6. The van der Waals surface area contributed by atoms with Gasteiger partial charge in [-0.05, 0) is 30.7 Å². The summed E-state index contributed by atoms with van der Waals surface area (Å²) >= 11 is 0. The summed E-state index contributed by atoms with van der Waals surface area (Å²) in [6.45, 7) is 2.40. The number of aromatic nitrogens is 3. The van der Waals surface area contributed by atoms with E-state index in [1.807, 2.05) is 43.3 Å². The maximum absolute atomic E-state index is 12.7. The van der Waals surface area contributed by atoms with Gasteiger partial charge < -0.3 is 15.0 Å². The number of ether oxygens (including phenoxy) is 1. The topological polar surface area (TPSA) is 100 Å². The largest absolute Gasteiger partial charge is 0.495 e. The number of nitrogens with zero attached hydrogens (tertiary/aromatic N) is 3. The first-order chi connectivity index (χ1) is 14.5. The van der Waals surface area contributed by atoms with E-state index in [9.17, 15) is 9.59 Å². The molecule has 0 spiro atoms. The van der Waals surface area contributed by atoms with E-state index in [0.29, 0.717) is 23.9 Å². The highest BCUT2D eigenvalue weighted by Gasteiger charge is 2.34. The van der Waals surface area contributed by atoms with Gasteiger partial charge >= 0.3 is 0 Å². The number of hydrogen-bond donors (Lipinski definition) is 2. The molecular weight excluding hydrogens is 382 g/mol. The molecule has 4 rings (SSSR count). The first kappa shape index (κ1) is 19.6. The molecule has 0 saturated carbocycles. The predicted octanol–water partition coefficient (Wildman–Crippen LogP) is 2.87. The van der Waals surface area contributed by atoms with Gasteiger partial charge in [-0.25, -0.2) is 4.98 Å². The lowest BCUT2D eigenvalue weighted by atomic mass is 10.0. The fourth-order valence-corrected chi connectivity index (χ4v) is 3.67. The normalized spacial score (nSPS) is 17.1. The second-order valence-electron chi connectivity index (χ2n) is 7.25. The molecule has 2 aromatic heterocycles. The molecule has 1 amide bonds. The molecular formula is C22H23N5O3. The number of nitrogens with one attached hydrogen (secondary N) is 2. The van der Waals surface area contributed by atoms with Gasteiger partial charge in [-0.15, -0.1) is 0 Å². The molecule has 1 aliphatic heterocycles. The Morgan fingerprint density at radius 1 is 1.23 bits per heavy atom. The maximum atomic E-state index is 12.7. The summed E-state index contributed by atoms with van der Waals surface area (Å²) in [5.74, 6) is 0.804. The second kappa shape index (κ2) is 8.36. The summed E-state index contributed by atoms with van der Waals surface area (Å²) in [6.07, 6.45) is 3.76. The van der Waals surface area contributed by atoms with Crippen molar-refractivity contribution in [3.63, 3.8) is 0 Å². The van der Waals surface area contributed by atoms with Crippen LogP contribution in [0.3, 0.4) is 0 Å². The molecule has 2 N–H and O–H groups in total. The average molecular weight is 405 g/mol. The molecule has 0 radical (unpaired) electrons. The first-order valence-electron chi connectivity index (χ1n) is 9.76. The van der Waals surface area contributed by atoms with Crippen molar-refractivity contribution in [2.24, 2.45) is 0 Å². The maximum Gasteiger partial charge on any atom is 0.252 e. The Bertz CT molecular complexity index is 1100. The van der Waals surface area contributed by atoms with Gasteiger partial charge in [0.1, 0.15) is 5.75 Å². The van der Waals surface area contributed by atoms with Crippen molar-refractivity contribution in [2.75, 3.05) is 23.9 Å². The summed E-state index contributed by atoms with van der Waals surface area (Å²) in [4.78, 5) is 38.1. The molecule has 8 heteroatoms. The van der Waals surface area contributed by atoms with Crippen molar-refractivity contribution in [3.05, 3.63) is 76.5 Å². The quantitative estimate of drug-likeness (QED) is 0.654. The average Bonchev–Trinajstić information content (AvgIpc) is 3.15. The lowest BCUT2D eigenvalue weighted by molar-refractivity contribution is -0.117. The Labute approximate surface area is 173 Å². The number of H-pyrrole nitrogens is 1. The van der Waals surface area contributed by atoms with Crippen LogP contribution in [0.1, 0.15) is 36.6 Å². The molecule has 154 valence electrons. The monoisotopic (exact) mass is 405 g/mol. The van der Waals surface area contributed by atoms with Crippen LogP contribution in [0.15, 0.2) is 59.7 Å². The number of aromatic amines is 1.